The molecule has 1 aromatic heterocycles. The van der Waals surface area contributed by atoms with E-state index in [4.69, 9.17) is 4.42 Å². The summed E-state index contributed by atoms with van der Waals surface area (Å²) in [6, 6.07) is -2.35. The smallest absolute Gasteiger partial charge is 0.408 e. The summed E-state index contributed by atoms with van der Waals surface area (Å²) in [4.78, 5) is 28.4. The van der Waals surface area contributed by atoms with E-state index in [9.17, 15) is 22.8 Å². The molecule has 0 aromatic carbocycles. The number of alkyl halides is 3. The molecule has 1 fully saturated rings. The Hall–Kier alpha value is -2.06. The van der Waals surface area contributed by atoms with Crippen LogP contribution in [0.15, 0.2) is 10.7 Å². The number of oxazole rings is 1. The van der Waals surface area contributed by atoms with Gasteiger partial charge in [-0.15, -0.1) is 0 Å². The number of piperidine rings is 1. The van der Waals surface area contributed by atoms with E-state index in [2.05, 4.69) is 10.3 Å². The minimum absolute atomic E-state index is 0.0887. The molecule has 0 radical (unpaired) electrons. The lowest BCUT2D eigenvalue weighted by Gasteiger charge is -2.40. The minimum atomic E-state index is -4.47. The Labute approximate surface area is 137 Å². The molecule has 24 heavy (non-hydrogen) atoms. The number of hydrogen-bond acceptors (Lipinski definition) is 4. The first-order chi connectivity index (χ1) is 11.2. The van der Waals surface area contributed by atoms with E-state index in [-0.39, 0.29) is 25.1 Å². The van der Waals surface area contributed by atoms with Crippen LogP contribution in [0.2, 0.25) is 0 Å². The number of nitrogens with zero attached hydrogens (tertiary/aromatic N) is 2. The molecule has 0 unspecified atom stereocenters. The lowest BCUT2D eigenvalue weighted by molar-refractivity contribution is -0.196. The van der Waals surface area contributed by atoms with Gasteiger partial charge in [0.15, 0.2) is 11.6 Å². The number of carbonyl (C=O) groups is 2. The highest BCUT2D eigenvalue weighted by Gasteiger charge is 2.47. The summed E-state index contributed by atoms with van der Waals surface area (Å²) < 4.78 is 44.1. The van der Waals surface area contributed by atoms with Gasteiger partial charge in [0.1, 0.15) is 12.3 Å². The molecule has 2 heterocycles. The maximum absolute atomic E-state index is 13.0. The highest BCUT2D eigenvalue weighted by atomic mass is 19.4. The third kappa shape index (κ3) is 4.27. The second-order valence-corrected chi connectivity index (χ2v) is 5.85. The molecule has 0 bridgehead atoms. The summed E-state index contributed by atoms with van der Waals surface area (Å²) in [6.45, 7) is 2.86. The van der Waals surface area contributed by atoms with Crippen molar-refractivity contribution in [1.82, 2.24) is 15.2 Å². The Morgan fingerprint density at radius 1 is 1.42 bits per heavy atom. The maximum Gasteiger partial charge on any atom is 0.408 e. The van der Waals surface area contributed by atoms with Crippen LogP contribution in [0.25, 0.3) is 0 Å². The van der Waals surface area contributed by atoms with Crippen molar-refractivity contribution in [2.75, 3.05) is 6.54 Å². The van der Waals surface area contributed by atoms with E-state index in [0.29, 0.717) is 12.3 Å². The Balaban J connectivity index is 2.00. The quantitative estimate of drug-likeness (QED) is 0.907. The molecule has 1 aromatic rings. The van der Waals surface area contributed by atoms with E-state index >= 15 is 0 Å². The third-order valence-electron chi connectivity index (χ3n) is 3.95. The molecule has 0 saturated carbocycles. The molecule has 0 spiro atoms. The molecule has 134 valence electrons. The molecular weight excluding hydrogens is 327 g/mol. The largest absolute Gasteiger partial charge is 0.448 e. The molecule has 1 N–H and O–H groups in total. The first kappa shape index (κ1) is 18.3. The Kier molecular flexibility index (Phi) is 5.51. The van der Waals surface area contributed by atoms with Crippen LogP contribution in [0.1, 0.15) is 49.5 Å². The zero-order valence-corrected chi connectivity index (χ0v) is 13.5. The number of nitrogens with one attached hydrogen (secondary N) is 1. The van der Waals surface area contributed by atoms with E-state index < -0.39 is 30.1 Å². The van der Waals surface area contributed by atoms with Crippen LogP contribution < -0.4 is 5.32 Å². The number of likely N-dealkylation sites (tertiary alicyclic amines) is 1. The number of rotatable bonds is 4. The summed E-state index contributed by atoms with van der Waals surface area (Å²) in [5.41, 5.74) is 0.0887. The van der Waals surface area contributed by atoms with Crippen LogP contribution in [0, 0.1) is 0 Å². The number of amides is 2. The molecule has 1 aliphatic heterocycles. The lowest BCUT2D eigenvalue weighted by Crippen LogP contribution is -2.57. The van der Waals surface area contributed by atoms with Gasteiger partial charge < -0.3 is 14.6 Å². The molecular formula is C15H20F3N3O3. The normalized spacial score (nSPS) is 21.6. The van der Waals surface area contributed by atoms with Crippen molar-refractivity contribution in [2.24, 2.45) is 0 Å². The highest BCUT2D eigenvalue weighted by molar-refractivity contribution is 5.92. The van der Waals surface area contributed by atoms with Gasteiger partial charge in [0.25, 0.3) is 5.91 Å². The first-order valence-electron chi connectivity index (χ1n) is 7.81. The number of aryl methyl sites for hydroxylation is 1. The molecule has 2 rings (SSSR count). The van der Waals surface area contributed by atoms with Crippen LogP contribution in [-0.4, -0.2) is 46.5 Å². The van der Waals surface area contributed by atoms with Crippen molar-refractivity contribution in [3.8, 4) is 0 Å². The van der Waals surface area contributed by atoms with Gasteiger partial charge in [-0.2, -0.15) is 13.2 Å². The van der Waals surface area contributed by atoms with Gasteiger partial charge in [-0.05, 0) is 19.3 Å². The fourth-order valence-electron chi connectivity index (χ4n) is 2.78. The molecule has 6 nitrogen and oxygen atoms in total. The first-order valence-corrected chi connectivity index (χ1v) is 7.81. The van der Waals surface area contributed by atoms with Crippen LogP contribution >= 0.6 is 0 Å². The van der Waals surface area contributed by atoms with Crippen molar-refractivity contribution >= 4 is 11.8 Å². The predicted molar refractivity (Wildman–Crippen MR) is 78.2 cm³/mol. The zero-order valence-electron chi connectivity index (χ0n) is 13.5. The van der Waals surface area contributed by atoms with Gasteiger partial charge >= 0.3 is 6.18 Å². The Morgan fingerprint density at radius 2 is 2.12 bits per heavy atom. The SMILES string of the molecule is CCCc1nc(C(=O)N[C@H]2CC[C@@H](C(F)(F)F)N(C(C)=O)C2)co1. The Bertz CT molecular complexity index is 600. The van der Waals surface area contributed by atoms with E-state index in [1.165, 1.54) is 6.26 Å². The maximum atomic E-state index is 13.0. The van der Waals surface area contributed by atoms with Crippen LogP contribution in [0.5, 0.6) is 0 Å². The molecule has 2 atom stereocenters. The second kappa shape index (κ2) is 7.23. The van der Waals surface area contributed by atoms with Crippen molar-refractivity contribution in [1.29, 1.82) is 0 Å². The van der Waals surface area contributed by atoms with Gasteiger partial charge in [0.05, 0.1) is 0 Å². The van der Waals surface area contributed by atoms with Gasteiger partial charge in [-0.1, -0.05) is 6.92 Å². The van der Waals surface area contributed by atoms with E-state index in [1.807, 2.05) is 6.92 Å². The van der Waals surface area contributed by atoms with Crippen LogP contribution in [-0.2, 0) is 11.2 Å². The average molecular weight is 347 g/mol. The zero-order chi connectivity index (χ0) is 17.9. The fraction of sp³-hybridized carbons (Fsp3) is 0.667. The summed E-state index contributed by atoms with van der Waals surface area (Å²) in [6.07, 6.45) is -1.93. The van der Waals surface area contributed by atoms with Crippen LogP contribution in [0.4, 0.5) is 13.2 Å². The summed E-state index contributed by atoms with van der Waals surface area (Å²) >= 11 is 0. The van der Waals surface area contributed by atoms with Gasteiger partial charge in [0.2, 0.25) is 5.91 Å². The van der Waals surface area contributed by atoms with Gasteiger partial charge in [-0.25, -0.2) is 4.98 Å². The summed E-state index contributed by atoms with van der Waals surface area (Å²) in [5.74, 6) is -0.739. The van der Waals surface area contributed by atoms with Crippen molar-refractivity contribution < 1.29 is 27.2 Å². The standard InChI is InChI=1S/C15H20F3N3O3/c1-3-4-13-20-11(8-24-13)14(23)19-10-5-6-12(15(16,17)18)21(7-10)9(2)22/h8,10,12H,3-7H2,1-2H3,(H,19,23)/t10-,12-/m0/s1. The monoisotopic (exact) mass is 347 g/mol. The topological polar surface area (TPSA) is 75.4 Å². The van der Waals surface area contributed by atoms with E-state index in [1.54, 1.807) is 0 Å². The third-order valence-corrected chi connectivity index (χ3v) is 3.95. The minimum Gasteiger partial charge on any atom is -0.448 e. The van der Waals surface area contributed by atoms with Gasteiger partial charge in [-0.3, -0.25) is 9.59 Å². The van der Waals surface area contributed by atoms with Crippen molar-refractivity contribution in [3.63, 3.8) is 0 Å². The predicted octanol–water partition coefficient (Wildman–Crippen LogP) is 2.30. The second-order valence-electron chi connectivity index (χ2n) is 5.85. The van der Waals surface area contributed by atoms with Crippen molar-refractivity contribution in [2.45, 2.75) is 57.8 Å². The Morgan fingerprint density at radius 3 is 2.71 bits per heavy atom. The summed E-state index contributed by atoms with van der Waals surface area (Å²) in [5, 5.41) is 2.62. The molecule has 0 aliphatic carbocycles. The summed E-state index contributed by atoms with van der Waals surface area (Å²) in [7, 11) is 0. The number of hydrogen-bond donors (Lipinski definition) is 1. The number of aromatic nitrogens is 1. The number of carbonyl (C=O) groups excluding carboxylic acids is 2. The molecule has 9 heteroatoms. The van der Waals surface area contributed by atoms with Gasteiger partial charge in [0, 0.05) is 25.9 Å². The van der Waals surface area contributed by atoms with E-state index in [0.717, 1.165) is 18.2 Å². The molecule has 2 amide bonds. The number of halogens is 3. The molecule has 1 saturated heterocycles. The van der Waals surface area contributed by atoms with Crippen molar-refractivity contribution in [3.05, 3.63) is 17.8 Å². The fourth-order valence-corrected chi connectivity index (χ4v) is 2.78. The average Bonchev–Trinajstić information content (AvgIpc) is 2.95. The lowest BCUT2D eigenvalue weighted by atomic mass is 9.97. The highest BCUT2D eigenvalue weighted by Crippen LogP contribution is 2.32. The van der Waals surface area contributed by atoms with Crippen LogP contribution in [0.3, 0.4) is 0 Å². The molecule has 1 aliphatic rings.